The molecule has 220 valence electrons. The van der Waals surface area contributed by atoms with Crippen LogP contribution in [0, 0.1) is 11.8 Å². The number of hydrogen-bond acceptors (Lipinski definition) is 6. The van der Waals surface area contributed by atoms with Gasteiger partial charge in [-0.25, -0.2) is 0 Å². The molecule has 5 rings (SSSR count). The van der Waals surface area contributed by atoms with E-state index >= 15 is 0 Å². The summed E-state index contributed by atoms with van der Waals surface area (Å²) in [4.78, 5) is 43.8. The summed E-state index contributed by atoms with van der Waals surface area (Å²) < 4.78 is 4.35. The van der Waals surface area contributed by atoms with Crippen LogP contribution in [0.4, 0.5) is 11.4 Å². The summed E-state index contributed by atoms with van der Waals surface area (Å²) in [6, 6.07) is 13.6. The number of unbranched alkanes of at least 4 members (excludes halogenated alkanes) is 3. The average molecular weight is 600 g/mol. The monoisotopic (exact) mass is 599 g/mol. The Labute approximate surface area is 250 Å². The molecular formula is C31H38ClN3O5S. The predicted molar refractivity (Wildman–Crippen MR) is 162 cm³/mol. The van der Waals surface area contributed by atoms with Crippen molar-refractivity contribution in [2.45, 2.75) is 67.9 Å². The van der Waals surface area contributed by atoms with E-state index in [1.807, 2.05) is 19.1 Å². The molecule has 2 unspecified atom stereocenters. The van der Waals surface area contributed by atoms with Crippen molar-refractivity contribution in [2.75, 3.05) is 30.4 Å². The Balaban J connectivity index is 1.43. The molecule has 3 amide bonds. The van der Waals surface area contributed by atoms with Crippen molar-refractivity contribution >= 4 is 52.5 Å². The van der Waals surface area contributed by atoms with Gasteiger partial charge in [-0.05, 0) is 75.9 Å². The molecule has 1 spiro atoms. The Hall–Kier alpha value is -2.75. The minimum Gasteiger partial charge on any atom is -0.494 e. The number of amides is 3. The first-order chi connectivity index (χ1) is 19.7. The summed E-state index contributed by atoms with van der Waals surface area (Å²) in [6.07, 6.45) is 4.53. The standard InChI is InChI=1S/C31H38ClN3O5S/c1-3-40-21-14-12-20(13-15-21)33-27(37)24-25-29(39)35(18-8-4-5-9-19-36)26(31(25)17-16-30(24,2)41-31)28(38)34-23-11-7-6-10-22(23)32/h6-7,10-15,24-26,36H,3-5,8-9,16-19H2,1-2H3,(H,33,37)(H,34,38)/t24-,25-,26?,30+,31?/m0/s1. The number of benzene rings is 2. The number of aliphatic hydroxyl groups is 1. The van der Waals surface area contributed by atoms with Gasteiger partial charge in [0.1, 0.15) is 11.8 Å². The second-order valence-electron chi connectivity index (χ2n) is 11.3. The largest absolute Gasteiger partial charge is 0.494 e. The molecule has 3 aliphatic rings. The lowest BCUT2D eigenvalue weighted by molar-refractivity contribution is -0.139. The molecule has 3 fully saturated rings. The van der Waals surface area contributed by atoms with Crippen LogP contribution in [0.15, 0.2) is 48.5 Å². The van der Waals surface area contributed by atoms with Crippen LogP contribution in [0.3, 0.4) is 0 Å². The first-order valence-electron chi connectivity index (χ1n) is 14.4. The average Bonchev–Trinajstić information content (AvgIpc) is 3.51. The third-order valence-corrected chi connectivity index (χ3v) is 11.0. The van der Waals surface area contributed by atoms with Crippen molar-refractivity contribution in [1.29, 1.82) is 0 Å². The highest BCUT2D eigenvalue weighted by Gasteiger charge is 2.77. The van der Waals surface area contributed by atoms with E-state index in [1.165, 1.54) is 0 Å². The van der Waals surface area contributed by atoms with Crippen LogP contribution < -0.4 is 15.4 Å². The number of carbonyl (C=O) groups excluding carboxylic acids is 3. The van der Waals surface area contributed by atoms with E-state index < -0.39 is 27.4 Å². The lowest BCUT2D eigenvalue weighted by Gasteiger charge is -2.35. The molecular weight excluding hydrogens is 562 g/mol. The number of fused-ring (bicyclic) bond motifs is 1. The van der Waals surface area contributed by atoms with Crippen LogP contribution in [-0.2, 0) is 14.4 Å². The number of nitrogens with one attached hydrogen (secondary N) is 2. The molecule has 2 bridgehead atoms. The third kappa shape index (κ3) is 5.56. The minimum absolute atomic E-state index is 0.130. The van der Waals surface area contributed by atoms with E-state index in [0.717, 1.165) is 31.4 Å². The number of para-hydroxylation sites is 1. The van der Waals surface area contributed by atoms with E-state index in [-0.39, 0.29) is 24.3 Å². The number of halogens is 1. The van der Waals surface area contributed by atoms with Gasteiger partial charge in [-0.2, -0.15) is 0 Å². The first kappa shape index (κ1) is 29.7. The van der Waals surface area contributed by atoms with E-state index in [0.29, 0.717) is 42.4 Å². The quantitative estimate of drug-likeness (QED) is 0.284. The van der Waals surface area contributed by atoms with Gasteiger partial charge in [-0.3, -0.25) is 14.4 Å². The van der Waals surface area contributed by atoms with Crippen molar-refractivity contribution in [3.63, 3.8) is 0 Å². The number of nitrogens with zero attached hydrogens (tertiary/aromatic N) is 1. The molecule has 5 atom stereocenters. The van der Waals surface area contributed by atoms with Crippen LogP contribution >= 0.6 is 23.4 Å². The molecule has 3 heterocycles. The highest BCUT2D eigenvalue weighted by Crippen LogP contribution is 2.71. The molecule has 8 nitrogen and oxygen atoms in total. The number of hydrogen-bond donors (Lipinski definition) is 3. The highest BCUT2D eigenvalue weighted by molar-refractivity contribution is 8.02. The zero-order valence-corrected chi connectivity index (χ0v) is 25.1. The zero-order chi connectivity index (χ0) is 29.2. The van der Waals surface area contributed by atoms with Crippen molar-refractivity contribution in [3.05, 3.63) is 53.6 Å². The Morgan fingerprint density at radius 3 is 2.49 bits per heavy atom. The highest BCUT2D eigenvalue weighted by atomic mass is 35.5. The van der Waals surface area contributed by atoms with Crippen molar-refractivity contribution in [2.24, 2.45) is 11.8 Å². The maximum Gasteiger partial charge on any atom is 0.248 e. The lowest BCUT2D eigenvalue weighted by atomic mass is 9.66. The topological polar surface area (TPSA) is 108 Å². The second-order valence-corrected chi connectivity index (χ2v) is 13.6. The van der Waals surface area contributed by atoms with Gasteiger partial charge in [0.2, 0.25) is 17.7 Å². The Morgan fingerprint density at radius 1 is 1.05 bits per heavy atom. The number of ether oxygens (including phenoxy) is 1. The fourth-order valence-corrected chi connectivity index (χ4v) is 9.44. The van der Waals surface area contributed by atoms with E-state index in [9.17, 15) is 14.4 Å². The smallest absolute Gasteiger partial charge is 0.248 e. The van der Waals surface area contributed by atoms with Gasteiger partial charge in [-0.1, -0.05) is 36.6 Å². The molecule has 3 saturated heterocycles. The van der Waals surface area contributed by atoms with Gasteiger partial charge < -0.3 is 25.4 Å². The van der Waals surface area contributed by atoms with Crippen molar-refractivity contribution in [1.82, 2.24) is 4.90 Å². The molecule has 2 aromatic rings. The number of rotatable bonds is 12. The van der Waals surface area contributed by atoms with Crippen LogP contribution in [0.2, 0.25) is 5.02 Å². The van der Waals surface area contributed by atoms with Crippen LogP contribution in [0.5, 0.6) is 5.75 Å². The summed E-state index contributed by atoms with van der Waals surface area (Å²) in [5, 5.41) is 15.6. The fourth-order valence-electron chi connectivity index (χ4n) is 6.90. The second kappa shape index (κ2) is 12.2. The van der Waals surface area contributed by atoms with Crippen molar-refractivity contribution in [3.8, 4) is 5.75 Å². The normalized spacial score (nSPS) is 28.0. The number of carbonyl (C=O) groups is 3. The zero-order valence-electron chi connectivity index (χ0n) is 23.5. The fraction of sp³-hybridized carbons (Fsp3) is 0.516. The van der Waals surface area contributed by atoms with Gasteiger partial charge in [0.25, 0.3) is 0 Å². The summed E-state index contributed by atoms with van der Waals surface area (Å²) in [7, 11) is 0. The summed E-state index contributed by atoms with van der Waals surface area (Å²) in [6.45, 7) is 5.09. The van der Waals surface area contributed by atoms with Gasteiger partial charge in [-0.15, -0.1) is 11.8 Å². The predicted octanol–water partition coefficient (Wildman–Crippen LogP) is 5.35. The summed E-state index contributed by atoms with van der Waals surface area (Å²) >= 11 is 8.01. The van der Waals surface area contributed by atoms with Gasteiger partial charge >= 0.3 is 0 Å². The van der Waals surface area contributed by atoms with Crippen LogP contribution in [-0.4, -0.2) is 63.0 Å². The molecule has 3 aliphatic heterocycles. The van der Waals surface area contributed by atoms with E-state index in [2.05, 4.69) is 17.6 Å². The number of aliphatic hydroxyl groups excluding tert-OH is 1. The third-order valence-electron chi connectivity index (χ3n) is 8.68. The first-order valence-corrected chi connectivity index (χ1v) is 15.6. The Kier molecular flexibility index (Phi) is 8.87. The number of thioether (sulfide) groups is 1. The van der Waals surface area contributed by atoms with Crippen molar-refractivity contribution < 1.29 is 24.2 Å². The van der Waals surface area contributed by atoms with E-state index in [4.69, 9.17) is 21.4 Å². The number of likely N-dealkylation sites (tertiary alicyclic amines) is 1. The minimum atomic E-state index is -0.718. The maximum atomic E-state index is 14.2. The molecule has 41 heavy (non-hydrogen) atoms. The molecule has 2 aromatic carbocycles. The molecule has 0 aromatic heterocycles. The van der Waals surface area contributed by atoms with E-state index in [1.54, 1.807) is 53.1 Å². The van der Waals surface area contributed by atoms with Crippen LogP contribution in [0.25, 0.3) is 0 Å². The molecule has 0 saturated carbocycles. The molecule has 10 heteroatoms. The molecule has 0 aliphatic carbocycles. The Bertz CT molecular complexity index is 1290. The summed E-state index contributed by atoms with van der Waals surface area (Å²) in [5.74, 6) is -1.05. The van der Waals surface area contributed by atoms with Gasteiger partial charge in [0.15, 0.2) is 0 Å². The number of anilines is 2. The molecule has 0 radical (unpaired) electrons. The van der Waals surface area contributed by atoms with Crippen LogP contribution in [0.1, 0.15) is 52.4 Å². The maximum absolute atomic E-state index is 14.2. The van der Waals surface area contributed by atoms with Gasteiger partial charge in [0.05, 0.1) is 33.9 Å². The Morgan fingerprint density at radius 2 is 1.78 bits per heavy atom. The lowest BCUT2D eigenvalue weighted by Crippen LogP contribution is -2.51. The molecule has 3 N–H and O–H groups in total. The van der Waals surface area contributed by atoms with Gasteiger partial charge in [0, 0.05) is 23.6 Å². The summed E-state index contributed by atoms with van der Waals surface area (Å²) in [5.41, 5.74) is 1.14. The SMILES string of the molecule is CCOc1ccc(NC(=O)[C@@H]2[C@H]3C(=O)N(CCCCCCO)C(C(=O)Nc4ccccc4Cl)C34CC[C@@]2(C)S4)cc1.